The van der Waals surface area contributed by atoms with Crippen molar-refractivity contribution in [3.63, 3.8) is 0 Å². The lowest BCUT2D eigenvalue weighted by Crippen LogP contribution is -2.38. The molecule has 2 aliphatic heterocycles. The molecular formula is C16H20N6OS. The largest absolute Gasteiger partial charge is 0.347 e. The van der Waals surface area contributed by atoms with Crippen LogP contribution < -0.4 is 15.5 Å². The van der Waals surface area contributed by atoms with Gasteiger partial charge in [0, 0.05) is 37.3 Å². The number of aromatic nitrogens is 3. The van der Waals surface area contributed by atoms with Gasteiger partial charge in [0.05, 0.1) is 10.3 Å². The molecule has 2 aliphatic rings. The summed E-state index contributed by atoms with van der Waals surface area (Å²) >= 11 is 1.60. The fourth-order valence-corrected chi connectivity index (χ4v) is 4.04. The molecule has 2 aromatic heterocycles. The van der Waals surface area contributed by atoms with Gasteiger partial charge in [0.15, 0.2) is 0 Å². The maximum absolute atomic E-state index is 12.5. The second kappa shape index (κ2) is 6.45. The van der Waals surface area contributed by atoms with Gasteiger partial charge in [-0.15, -0.1) is 11.8 Å². The lowest BCUT2D eigenvalue weighted by atomic mass is 10.2. The van der Waals surface area contributed by atoms with Crippen LogP contribution in [0.1, 0.15) is 12.0 Å². The highest BCUT2D eigenvalue weighted by atomic mass is 32.2. The summed E-state index contributed by atoms with van der Waals surface area (Å²) in [5.41, 5.74) is 1.93. The molecule has 7 nitrogen and oxygen atoms in total. The molecule has 1 amide bonds. The third-order valence-corrected chi connectivity index (χ3v) is 5.39. The Morgan fingerprint density at radius 1 is 1.46 bits per heavy atom. The topological polar surface area (TPSA) is 85.9 Å². The molecule has 0 unspecified atom stereocenters. The van der Waals surface area contributed by atoms with Crippen molar-refractivity contribution in [2.75, 3.05) is 30.3 Å². The van der Waals surface area contributed by atoms with E-state index in [2.05, 4.69) is 30.5 Å². The minimum absolute atomic E-state index is 0.00879. The van der Waals surface area contributed by atoms with Crippen LogP contribution in [0.3, 0.4) is 0 Å². The molecule has 4 rings (SSSR count). The number of aryl methyl sites for hydroxylation is 1. The fourth-order valence-electron chi connectivity index (χ4n) is 3.14. The van der Waals surface area contributed by atoms with Gasteiger partial charge in [0.2, 0.25) is 0 Å². The van der Waals surface area contributed by atoms with Crippen LogP contribution in [0, 0.1) is 6.92 Å². The Morgan fingerprint density at radius 2 is 2.38 bits per heavy atom. The van der Waals surface area contributed by atoms with Crippen molar-refractivity contribution < 1.29 is 4.79 Å². The molecule has 4 heterocycles. The number of thioether (sulfide) groups is 1. The third kappa shape index (κ3) is 2.87. The molecule has 0 spiro atoms. The highest BCUT2D eigenvalue weighted by Gasteiger charge is 2.24. The second-order valence-electron chi connectivity index (χ2n) is 6.09. The van der Waals surface area contributed by atoms with E-state index in [-0.39, 0.29) is 11.9 Å². The third-order valence-electron chi connectivity index (χ3n) is 4.40. The zero-order valence-electron chi connectivity index (χ0n) is 13.5. The summed E-state index contributed by atoms with van der Waals surface area (Å²) < 4.78 is 0. The quantitative estimate of drug-likeness (QED) is 0.774. The summed E-state index contributed by atoms with van der Waals surface area (Å²) in [5.74, 6) is 1.72. The van der Waals surface area contributed by atoms with E-state index in [9.17, 15) is 4.79 Å². The number of amides is 1. The zero-order chi connectivity index (χ0) is 16.5. The first kappa shape index (κ1) is 15.5. The van der Waals surface area contributed by atoms with Crippen LogP contribution in [0.5, 0.6) is 0 Å². The van der Waals surface area contributed by atoms with Gasteiger partial charge in [0.1, 0.15) is 17.8 Å². The van der Waals surface area contributed by atoms with Crippen LogP contribution in [0.15, 0.2) is 23.6 Å². The number of carbonyl (C=O) groups is 1. The highest BCUT2D eigenvalue weighted by Crippen LogP contribution is 2.30. The summed E-state index contributed by atoms with van der Waals surface area (Å²) in [7, 11) is 0. The number of fused-ring (bicyclic) bond motifs is 1. The van der Waals surface area contributed by atoms with E-state index in [4.69, 9.17) is 0 Å². The number of rotatable bonds is 3. The van der Waals surface area contributed by atoms with Crippen molar-refractivity contribution >= 4 is 34.5 Å². The van der Waals surface area contributed by atoms with Gasteiger partial charge >= 0.3 is 0 Å². The Kier molecular flexibility index (Phi) is 4.15. The van der Waals surface area contributed by atoms with Crippen molar-refractivity contribution in [3.8, 4) is 0 Å². The van der Waals surface area contributed by atoms with Gasteiger partial charge in [-0.3, -0.25) is 4.79 Å². The van der Waals surface area contributed by atoms with Crippen molar-refractivity contribution in [3.05, 3.63) is 29.2 Å². The molecule has 126 valence electrons. The van der Waals surface area contributed by atoms with E-state index in [0.717, 1.165) is 59.1 Å². The first-order valence-corrected chi connectivity index (χ1v) is 9.12. The average molecular weight is 344 g/mol. The minimum Gasteiger partial charge on any atom is -0.347 e. The second-order valence-corrected chi connectivity index (χ2v) is 7.23. The summed E-state index contributed by atoms with van der Waals surface area (Å²) in [6.45, 7) is 4.68. The van der Waals surface area contributed by atoms with E-state index in [1.54, 1.807) is 18.1 Å². The molecule has 0 aromatic carbocycles. The van der Waals surface area contributed by atoms with Crippen molar-refractivity contribution in [2.45, 2.75) is 19.4 Å². The van der Waals surface area contributed by atoms with Gasteiger partial charge in [-0.05, 0) is 25.5 Å². The summed E-state index contributed by atoms with van der Waals surface area (Å²) in [6.07, 6.45) is 6.40. The van der Waals surface area contributed by atoms with E-state index in [1.807, 2.05) is 19.3 Å². The van der Waals surface area contributed by atoms with Gasteiger partial charge in [-0.1, -0.05) is 0 Å². The van der Waals surface area contributed by atoms with Crippen molar-refractivity contribution in [2.24, 2.45) is 0 Å². The number of carbonyl (C=O) groups excluding carboxylic acids is 1. The lowest BCUT2D eigenvalue weighted by molar-refractivity contribution is -0.117. The number of hydrogen-bond acceptors (Lipinski definition) is 6. The molecule has 24 heavy (non-hydrogen) atoms. The van der Waals surface area contributed by atoms with Crippen molar-refractivity contribution in [1.29, 1.82) is 0 Å². The smallest absolute Gasteiger partial charge is 0.259 e. The van der Waals surface area contributed by atoms with E-state index in [0.29, 0.717) is 0 Å². The van der Waals surface area contributed by atoms with Gasteiger partial charge in [-0.2, -0.15) is 0 Å². The highest BCUT2D eigenvalue weighted by molar-refractivity contribution is 8.04. The molecule has 8 heteroatoms. The molecule has 0 saturated carbocycles. The number of nitrogens with one attached hydrogen (secondary N) is 3. The van der Waals surface area contributed by atoms with Gasteiger partial charge in [0.25, 0.3) is 5.91 Å². The summed E-state index contributed by atoms with van der Waals surface area (Å²) in [4.78, 5) is 27.2. The maximum atomic E-state index is 12.5. The molecule has 3 N–H and O–H groups in total. The standard InChI is InChI=1S/C16H20N6OS/c1-10-6-18-14-13(10)15(20-9-19-14)22-4-5-24-12(8-22)16(23)21-11-2-3-17-7-11/h6,8-9,11,17H,2-5,7H2,1H3,(H,21,23)(H,18,19,20)/t11-/m1/s1. The van der Waals surface area contributed by atoms with Crippen LogP contribution >= 0.6 is 11.8 Å². The van der Waals surface area contributed by atoms with Crippen LogP contribution in [0.2, 0.25) is 0 Å². The zero-order valence-corrected chi connectivity index (χ0v) is 14.3. The maximum Gasteiger partial charge on any atom is 0.259 e. The van der Waals surface area contributed by atoms with Gasteiger partial charge < -0.3 is 20.5 Å². The average Bonchev–Trinajstić information content (AvgIpc) is 3.25. The van der Waals surface area contributed by atoms with E-state index < -0.39 is 0 Å². The van der Waals surface area contributed by atoms with Gasteiger partial charge in [-0.25, -0.2) is 9.97 Å². The Labute approximate surface area is 144 Å². The first-order valence-electron chi connectivity index (χ1n) is 8.14. The Bertz CT molecular complexity index is 795. The number of nitrogens with zero attached hydrogens (tertiary/aromatic N) is 3. The molecule has 1 fully saturated rings. The molecule has 1 atom stereocenters. The minimum atomic E-state index is 0.00879. The normalized spacial score (nSPS) is 21.1. The Morgan fingerprint density at radius 3 is 3.21 bits per heavy atom. The predicted octanol–water partition coefficient (Wildman–Crippen LogP) is 1.14. The molecule has 0 aliphatic carbocycles. The first-order chi connectivity index (χ1) is 11.7. The fraction of sp³-hybridized carbons (Fsp3) is 0.438. The molecule has 0 bridgehead atoms. The number of H-pyrrole nitrogens is 1. The van der Waals surface area contributed by atoms with Crippen LogP contribution in [0.4, 0.5) is 5.82 Å². The molecule has 2 aromatic rings. The van der Waals surface area contributed by atoms with Crippen molar-refractivity contribution in [1.82, 2.24) is 25.6 Å². The van der Waals surface area contributed by atoms with Crippen LogP contribution in [-0.4, -0.2) is 52.3 Å². The van der Waals surface area contributed by atoms with E-state index >= 15 is 0 Å². The SMILES string of the molecule is Cc1c[nH]c2ncnc(N3C=C(C(=O)N[C@@H]4CCNC4)SCC3)c12. The molecular weight excluding hydrogens is 324 g/mol. The lowest BCUT2D eigenvalue weighted by Gasteiger charge is -2.26. The van der Waals surface area contributed by atoms with Crippen LogP contribution in [0.25, 0.3) is 11.0 Å². The number of aromatic amines is 1. The predicted molar refractivity (Wildman–Crippen MR) is 95.9 cm³/mol. The summed E-state index contributed by atoms with van der Waals surface area (Å²) in [5, 5.41) is 7.39. The van der Waals surface area contributed by atoms with E-state index in [1.165, 1.54) is 0 Å². The van der Waals surface area contributed by atoms with Crippen LogP contribution in [-0.2, 0) is 4.79 Å². The monoisotopic (exact) mass is 344 g/mol. The number of anilines is 1. The number of hydrogen-bond donors (Lipinski definition) is 3. The molecule has 1 saturated heterocycles. The Hall–Kier alpha value is -2.06. The summed E-state index contributed by atoms with van der Waals surface area (Å²) in [6, 6.07) is 0.229. The molecule has 0 radical (unpaired) electrons. The Balaban J connectivity index is 1.61.